The number of nitrogens with zero attached hydrogens (tertiary/aromatic N) is 2. The van der Waals surface area contributed by atoms with E-state index in [1.54, 1.807) is 12.4 Å². The second-order valence-corrected chi connectivity index (χ2v) is 4.89. The Morgan fingerprint density at radius 1 is 1.44 bits per heavy atom. The topological polar surface area (TPSA) is 53.4 Å². The highest BCUT2D eigenvalue weighted by Crippen LogP contribution is 2.17. The number of aliphatic hydroxyl groups is 1. The molecule has 0 radical (unpaired) electrons. The fourth-order valence-corrected chi connectivity index (χ4v) is 2.40. The normalized spacial score (nSPS) is 19.8. The van der Waals surface area contributed by atoms with Crippen LogP contribution in [0.15, 0.2) is 24.5 Å². The van der Waals surface area contributed by atoms with Crippen LogP contribution in [0.1, 0.15) is 24.8 Å². The summed E-state index contributed by atoms with van der Waals surface area (Å²) in [6.45, 7) is 1.74. The Kier molecular flexibility index (Phi) is 4.70. The van der Waals surface area contributed by atoms with E-state index >= 15 is 0 Å². The highest BCUT2D eigenvalue weighted by molar-refractivity contribution is 5.76. The van der Waals surface area contributed by atoms with Crippen LogP contribution in [-0.2, 0) is 11.2 Å². The molecule has 0 aromatic carbocycles. The van der Waals surface area contributed by atoms with Gasteiger partial charge in [-0.3, -0.25) is 9.78 Å². The van der Waals surface area contributed by atoms with Crippen molar-refractivity contribution in [1.29, 1.82) is 0 Å². The lowest BCUT2D eigenvalue weighted by molar-refractivity contribution is -0.133. The summed E-state index contributed by atoms with van der Waals surface area (Å²) in [5, 5.41) is 9.15. The van der Waals surface area contributed by atoms with Crippen molar-refractivity contribution in [3.8, 4) is 0 Å². The summed E-state index contributed by atoms with van der Waals surface area (Å²) < 4.78 is 0. The van der Waals surface area contributed by atoms with Gasteiger partial charge < -0.3 is 10.0 Å². The number of carbonyl (C=O) groups excluding carboxylic acids is 1. The van der Waals surface area contributed by atoms with Crippen LogP contribution in [0.25, 0.3) is 0 Å². The highest BCUT2D eigenvalue weighted by Gasteiger charge is 2.22. The number of hydrogen-bond donors (Lipinski definition) is 1. The molecular weight excluding hydrogens is 228 g/mol. The molecule has 2 heterocycles. The lowest BCUT2D eigenvalue weighted by Crippen LogP contribution is -2.41. The minimum absolute atomic E-state index is 0.189. The monoisotopic (exact) mass is 248 g/mol. The zero-order chi connectivity index (χ0) is 12.8. The van der Waals surface area contributed by atoms with Gasteiger partial charge in [0, 0.05) is 38.5 Å². The van der Waals surface area contributed by atoms with Gasteiger partial charge >= 0.3 is 0 Å². The molecule has 4 nitrogen and oxygen atoms in total. The molecule has 0 bridgehead atoms. The molecule has 4 heteroatoms. The molecule has 2 rings (SSSR count). The lowest BCUT2D eigenvalue weighted by Gasteiger charge is -2.32. The van der Waals surface area contributed by atoms with Crippen LogP contribution < -0.4 is 0 Å². The molecule has 1 fully saturated rings. The largest absolute Gasteiger partial charge is 0.396 e. The van der Waals surface area contributed by atoms with Gasteiger partial charge in [0.05, 0.1) is 0 Å². The quantitative estimate of drug-likeness (QED) is 0.872. The Morgan fingerprint density at radius 3 is 2.94 bits per heavy atom. The fraction of sp³-hybridized carbons (Fsp3) is 0.571. The van der Waals surface area contributed by atoms with E-state index in [1.807, 2.05) is 17.0 Å². The first-order valence-electron chi connectivity index (χ1n) is 6.57. The van der Waals surface area contributed by atoms with Crippen LogP contribution in [0.5, 0.6) is 0 Å². The van der Waals surface area contributed by atoms with Crippen LogP contribution in [0, 0.1) is 5.92 Å². The summed E-state index contributed by atoms with van der Waals surface area (Å²) in [5.74, 6) is 0.466. The van der Waals surface area contributed by atoms with E-state index in [4.69, 9.17) is 5.11 Å². The van der Waals surface area contributed by atoms with Crippen molar-refractivity contribution in [2.75, 3.05) is 19.7 Å². The minimum atomic E-state index is 0.189. The molecule has 1 N–H and O–H groups in total. The number of hydrogen-bond acceptors (Lipinski definition) is 3. The Hall–Kier alpha value is -1.42. The first-order chi connectivity index (χ1) is 8.79. The van der Waals surface area contributed by atoms with Gasteiger partial charge in [-0.1, -0.05) is 0 Å². The van der Waals surface area contributed by atoms with Crippen molar-refractivity contribution < 1.29 is 9.90 Å². The van der Waals surface area contributed by atoms with E-state index < -0.39 is 0 Å². The Balaban J connectivity index is 1.81. The standard InChI is InChI=1S/C14H20N2O2/c17-11-13-2-1-9-16(10-13)14(18)4-3-12-5-7-15-8-6-12/h5-8,13,17H,1-4,9-11H2. The second kappa shape index (κ2) is 6.50. The Bertz CT molecular complexity index is 381. The maximum atomic E-state index is 12.1. The van der Waals surface area contributed by atoms with Crippen LogP contribution in [0.4, 0.5) is 0 Å². The molecule has 1 atom stereocenters. The summed E-state index contributed by atoms with van der Waals surface area (Å²) in [6.07, 6.45) is 6.85. The van der Waals surface area contributed by atoms with Gasteiger partial charge in [0.1, 0.15) is 0 Å². The van der Waals surface area contributed by atoms with Gasteiger partial charge in [-0.2, -0.15) is 0 Å². The third-order valence-electron chi connectivity index (χ3n) is 3.51. The molecule has 1 saturated heterocycles. The number of aromatic nitrogens is 1. The third-order valence-corrected chi connectivity index (χ3v) is 3.51. The van der Waals surface area contributed by atoms with E-state index in [0.717, 1.165) is 31.4 Å². The molecule has 1 amide bonds. The molecule has 1 aromatic heterocycles. The molecule has 0 spiro atoms. The number of carbonyl (C=O) groups is 1. The number of amides is 1. The number of aliphatic hydroxyl groups excluding tert-OH is 1. The number of rotatable bonds is 4. The van der Waals surface area contributed by atoms with E-state index in [2.05, 4.69) is 4.98 Å². The number of piperidine rings is 1. The van der Waals surface area contributed by atoms with Crippen molar-refractivity contribution in [3.63, 3.8) is 0 Å². The SMILES string of the molecule is O=C(CCc1ccncc1)N1CCCC(CO)C1. The zero-order valence-electron chi connectivity index (χ0n) is 10.6. The molecule has 0 aliphatic carbocycles. The van der Waals surface area contributed by atoms with Gasteiger partial charge in [-0.05, 0) is 42.9 Å². The van der Waals surface area contributed by atoms with E-state index in [-0.39, 0.29) is 18.4 Å². The highest BCUT2D eigenvalue weighted by atomic mass is 16.3. The summed E-state index contributed by atoms with van der Waals surface area (Å²) in [7, 11) is 0. The summed E-state index contributed by atoms with van der Waals surface area (Å²) in [6, 6.07) is 3.89. The average molecular weight is 248 g/mol. The average Bonchev–Trinajstić information content (AvgIpc) is 2.46. The molecule has 0 saturated carbocycles. The number of likely N-dealkylation sites (tertiary alicyclic amines) is 1. The van der Waals surface area contributed by atoms with Crippen molar-refractivity contribution in [1.82, 2.24) is 9.88 Å². The van der Waals surface area contributed by atoms with Gasteiger partial charge in [0.25, 0.3) is 0 Å². The predicted molar refractivity (Wildman–Crippen MR) is 68.9 cm³/mol. The molecule has 1 unspecified atom stereocenters. The maximum Gasteiger partial charge on any atom is 0.222 e. The van der Waals surface area contributed by atoms with Gasteiger partial charge in [0.2, 0.25) is 5.91 Å². The summed E-state index contributed by atoms with van der Waals surface area (Å²) in [4.78, 5) is 17.9. The van der Waals surface area contributed by atoms with E-state index in [1.165, 1.54) is 0 Å². The minimum Gasteiger partial charge on any atom is -0.396 e. The predicted octanol–water partition coefficient (Wildman–Crippen LogP) is 1.25. The van der Waals surface area contributed by atoms with Crippen LogP contribution in [0.3, 0.4) is 0 Å². The fourth-order valence-electron chi connectivity index (χ4n) is 2.40. The number of aryl methyl sites for hydroxylation is 1. The van der Waals surface area contributed by atoms with E-state index in [0.29, 0.717) is 13.0 Å². The van der Waals surface area contributed by atoms with Crippen LogP contribution >= 0.6 is 0 Å². The van der Waals surface area contributed by atoms with Gasteiger partial charge in [-0.15, -0.1) is 0 Å². The van der Waals surface area contributed by atoms with Crippen LogP contribution in [0.2, 0.25) is 0 Å². The van der Waals surface area contributed by atoms with Crippen molar-refractivity contribution in [2.24, 2.45) is 5.92 Å². The zero-order valence-corrected chi connectivity index (χ0v) is 10.6. The van der Waals surface area contributed by atoms with E-state index in [9.17, 15) is 4.79 Å². The Morgan fingerprint density at radius 2 is 2.22 bits per heavy atom. The molecule has 1 aliphatic rings. The molecule has 1 aromatic rings. The molecule has 98 valence electrons. The second-order valence-electron chi connectivity index (χ2n) is 4.89. The third kappa shape index (κ3) is 3.53. The molecule has 1 aliphatic heterocycles. The van der Waals surface area contributed by atoms with Crippen molar-refractivity contribution in [3.05, 3.63) is 30.1 Å². The smallest absolute Gasteiger partial charge is 0.222 e. The first kappa shape index (κ1) is 13.0. The van der Waals surface area contributed by atoms with Crippen molar-refractivity contribution in [2.45, 2.75) is 25.7 Å². The van der Waals surface area contributed by atoms with Gasteiger partial charge in [-0.25, -0.2) is 0 Å². The Labute approximate surface area is 108 Å². The van der Waals surface area contributed by atoms with Gasteiger partial charge in [0.15, 0.2) is 0 Å². The summed E-state index contributed by atoms with van der Waals surface area (Å²) >= 11 is 0. The van der Waals surface area contributed by atoms with Crippen LogP contribution in [-0.4, -0.2) is 40.6 Å². The molecular formula is C14H20N2O2. The first-order valence-corrected chi connectivity index (χ1v) is 6.57. The molecule has 18 heavy (non-hydrogen) atoms. The lowest BCUT2D eigenvalue weighted by atomic mass is 9.98. The summed E-state index contributed by atoms with van der Waals surface area (Å²) in [5.41, 5.74) is 1.15. The maximum absolute atomic E-state index is 12.1. The number of pyridine rings is 1. The van der Waals surface area contributed by atoms with Crippen molar-refractivity contribution >= 4 is 5.91 Å².